The first kappa shape index (κ1) is 28.6. The highest BCUT2D eigenvalue weighted by atomic mass is 32.3. The Morgan fingerprint density at radius 3 is 1.48 bits per heavy atom. The van der Waals surface area contributed by atoms with Crippen molar-refractivity contribution in [3.05, 3.63) is 0 Å². The van der Waals surface area contributed by atoms with E-state index in [0.29, 0.717) is 5.92 Å². The van der Waals surface area contributed by atoms with E-state index in [-0.39, 0.29) is 5.54 Å². The first-order chi connectivity index (χ1) is 11.7. The number of rotatable bonds is 8. The minimum absolute atomic E-state index is 0.00617. The molecular formula is C13H26F6N2O4S2. The number of alkyl halides is 6. The molecule has 1 unspecified atom stereocenters. The number of nitrogens with one attached hydrogen (secondary N) is 1. The van der Waals surface area contributed by atoms with Gasteiger partial charge in [-0.05, 0) is 26.2 Å². The van der Waals surface area contributed by atoms with Crippen molar-refractivity contribution in [2.75, 3.05) is 0 Å². The van der Waals surface area contributed by atoms with Gasteiger partial charge in [0, 0.05) is 5.54 Å². The Hall–Kier alpha value is -0.600. The highest BCUT2D eigenvalue weighted by molar-refractivity contribution is 8.05. The van der Waals surface area contributed by atoms with Crippen molar-refractivity contribution in [3.63, 3.8) is 0 Å². The fourth-order valence-corrected chi connectivity index (χ4v) is 3.40. The lowest BCUT2D eigenvalue weighted by Gasteiger charge is -2.27. The first-order valence-corrected chi connectivity index (χ1v) is 10.9. The van der Waals surface area contributed by atoms with Crippen LogP contribution in [0, 0.1) is 5.92 Å². The van der Waals surface area contributed by atoms with Gasteiger partial charge in [-0.3, -0.25) is 0 Å². The molecule has 0 heterocycles. The molecule has 0 rings (SSSR count). The minimum atomic E-state index is -6.60. The lowest BCUT2D eigenvalue weighted by atomic mass is 9.86. The predicted molar refractivity (Wildman–Crippen MR) is 89.3 cm³/mol. The molecule has 0 amide bonds. The number of halogens is 6. The highest BCUT2D eigenvalue weighted by Crippen LogP contribution is 2.27. The van der Waals surface area contributed by atoms with Crippen molar-refractivity contribution in [3.8, 4) is 0 Å². The number of unbranched alkanes of at least 4 members (excludes halogenated alkanes) is 3. The summed E-state index contributed by atoms with van der Waals surface area (Å²) in [5, 5.41) is 0. The van der Waals surface area contributed by atoms with Crippen LogP contribution in [-0.2, 0) is 20.0 Å². The van der Waals surface area contributed by atoms with Crippen LogP contribution in [0.1, 0.15) is 59.8 Å². The van der Waals surface area contributed by atoms with Gasteiger partial charge in [0.15, 0.2) is 0 Å². The van der Waals surface area contributed by atoms with Crippen LogP contribution in [0.4, 0.5) is 26.3 Å². The SMILES string of the molecule is CCCCCCC(C)C(C)(C)N.O=S(=O)(NS(=O)(=O)C(F)(F)F)C(F)(F)F. The third kappa shape index (κ3) is 11.1. The smallest absolute Gasteiger partial charge is 0.325 e. The molecule has 3 N–H and O–H groups in total. The van der Waals surface area contributed by atoms with Crippen LogP contribution in [0.3, 0.4) is 0 Å². The summed E-state index contributed by atoms with van der Waals surface area (Å²) in [4.78, 5) is 0. The van der Waals surface area contributed by atoms with Gasteiger partial charge in [0.05, 0.1) is 0 Å². The minimum Gasteiger partial charge on any atom is -0.325 e. The molecule has 0 saturated carbocycles. The van der Waals surface area contributed by atoms with Crippen LogP contribution in [0.25, 0.3) is 0 Å². The molecule has 0 spiro atoms. The van der Waals surface area contributed by atoms with E-state index in [2.05, 4.69) is 27.7 Å². The van der Waals surface area contributed by atoms with Crippen LogP contribution < -0.4 is 9.86 Å². The second kappa shape index (κ2) is 10.3. The van der Waals surface area contributed by atoms with Gasteiger partial charge >= 0.3 is 31.1 Å². The van der Waals surface area contributed by atoms with Crippen molar-refractivity contribution < 1.29 is 43.2 Å². The lowest BCUT2D eigenvalue weighted by Crippen LogP contribution is -2.45. The topological polar surface area (TPSA) is 106 Å². The van der Waals surface area contributed by atoms with Gasteiger partial charge in [0.2, 0.25) is 0 Å². The van der Waals surface area contributed by atoms with Gasteiger partial charge in [0.1, 0.15) is 0 Å². The number of sulfonamides is 2. The summed E-state index contributed by atoms with van der Waals surface area (Å²) in [5.74, 6) is 0.648. The van der Waals surface area contributed by atoms with Crippen LogP contribution in [0.5, 0.6) is 0 Å². The monoisotopic (exact) mass is 452 g/mol. The van der Waals surface area contributed by atoms with Gasteiger partial charge in [0.25, 0.3) is 0 Å². The molecule has 0 aromatic heterocycles. The van der Waals surface area contributed by atoms with Gasteiger partial charge in [-0.1, -0.05) is 43.7 Å². The second-order valence-corrected chi connectivity index (χ2v) is 10.2. The van der Waals surface area contributed by atoms with E-state index in [1.54, 1.807) is 0 Å². The fraction of sp³-hybridized carbons (Fsp3) is 1.00. The van der Waals surface area contributed by atoms with Crippen LogP contribution in [-0.4, -0.2) is 33.4 Å². The third-order valence-corrected chi connectivity index (χ3v) is 6.56. The third-order valence-electron chi connectivity index (χ3n) is 3.59. The molecule has 6 nitrogen and oxygen atoms in total. The van der Waals surface area contributed by atoms with Gasteiger partial charge < -0.3 is 5.73 Å². The summed E-state index contributed by atoms with van der Waals surface area (Å²) < 4.78 is 108. The molecule has 166 valence electrons. The molecule has 0 aliphatic rings. The van der Waals surface area contributed by atoms with Crippen LogP contribution in [0.2, 0.25) is 0 Å². The van der Waals surface area contributed by atoms with Gasteiger partial charge in [-0.2, -0.15) is 26.3 Å². The van der Waals surface area contributed by atoms with E-state index in [0.717, 1.165) is 0 Å². The zero-order valence-corrected chi connectivity index (χ0v) is 17.0. The van der Waals surface area contributed by atoms with Crippen LogP contribution >= 0.6 is 0 Å². The van der Waals surface area contributed by atoms with E-state index in [1.165, 1.54) is 32.1 Å². The second-order valence-electron chi connectivity index (χ2n) is 6.55. The Morgan fingerprint density at radius 2 is 1.22 bits per heavy atom. The molecule has 0 fully saturated rings. The van der Waals surface area contributed by atoms with Crippen LogP contribution in [0.15, 0.2) is 0 Å². The van der Waals surface area contributed by atoms with E-state index >= 15 is 0 Å². The molecule has 0 aliphatic heterocycles. The van der Waals surface area contributed by atoms with Crippen molar-refractivity contribution >= 4 is 20.0 Å². The number of nitrogens with two attached hydrogens (primary N) is 1. The average Bonchev–Trinajstić information content (AvgIpc) is 2.39. The first-order valence-electron chi connectivity index (χ1n) is 7.89. The predicted octanol–water partition coefficient (Wildman–Crippen LogP) is 3.61. The Labute approximate surface area is 156 Å². The van der Waals surface area contributed by atoms with Gasteiger partial charge in [-0.15, -0.1) is 0 Å². The van der Waals surface area contributed by atoms with Crippen molar-refractivity contribution in [2.45, 2.75) is 76.4 Å². The maximum Gasteiger partial charge on any atom is 0.512 e. The molecular weight excluding hydrogens is 426 g/mol. The van der Waals surface area contributed by atoms with Crippen molar-refractivity contribution in [1.29, 1.82) is 0 Å². The summed E-state index contributed by atoms with van der Waals surface area (Å²) in [6.45, 7) is 8.75. The molecule has 0 aromatic carbocycles. The van der Waals surface area contributed by atoms with E-state index in [9.17, 15) is 43.2 Å². The maximum absolute atomic E-state index is 11.5. The normalized spacial score (nSPS) is 15.1. The van der Waals surface area contributed by atoms with E-state index in [4.69, 9.17) is 5.73 Å². The zero-order chi connectivity index (χ0) is 22.3. The van der Waals surface area contributed by atoms with E-state index < -0.39 is 35.2 Å². The Bertz CT molecular complexity index is 595. The zero-order valence-electron chi connectivity index (χ0n) is 15.4. The molecule has 27 heavy (non-hydrogen) atoms. The number of hydrogen-bond donors (Lipinski definition) is 2. The fourth-order valence-electron chi connectivity index (χ4n) is 1.49. The quantitative estimate of drug-likeness (QED) is 0.432. The lowest BCUT2D eigenvalue weighted by molar-refractivity contribution is -0.0476. The maximum atomic E-state index is 11.5. The summed E-state index contributed by atoms with van der Waals surface area (Å²) >= 11 is 0. The van der Waals surface area contributed by atoms with Gasteiger partial charge in [-0.25, -0.2) is 16.8 Å². The molecule has 0 saturated heterocycles. The summed E-state index contributed by atoms with van der Waals surface area (Å²) in [6, 6.07) is 0. The standard InChI is InChI=1S/C11H25N.C2HF6NO4S2/c1-5-6-7-8-9-10(2)11(3,4)12;3-1(4,5)14(10,11)9-15(12,13)2(6,7)8/h10H,5-9,12H2,1-4H3;9H. The van der Waals surface area contributed by atoms with E-state index in [1.807, 2.05) is 0 Å². The molecule has 0 aliphatic carbocycles. The summed E-state index contributed by atoms with van der Waals surface area (Å²) in [6.07, 6.45) is 6.69. The largest absolute Gasteiger partial charge is 0.512 e. The molecule has 0 aromatic rings. The van der Waals surface area contributed by atoms with Crippen molar-refractivity contribution in [1.82, 2.24) is 4.13 Å². The van der Waals surface area contributed by atoms with Crippen molar-refractivity contribution in [2.24, 2.45) is 11.7 Å². The molecule has 0 bridgehead atoms. The molecule has 0 radical (unpaired) electrons. The molecule has 1 atom stereocenters. The average molecular weight is 452 g/mol. The summed E-state index contributed by atoms with van der Waals surface area (Å²) in [7, 11) is -13.2. The highest BCUT2D eigenvalue weighted by Gasteiger charge is 2.55. The number of hydrogen-bond acceptors (Lipinski definition) is 5. The molecule has 14 heteroatoms. The Morgan fingerprint density at radius 1 is 0.852 bits per heavy atom. The Kier molecular flexibility index (Phi) is 10.9. The summed E-state index contributed by atoms with van der Waals surface area (Å²) in [5.41, 5.74) is -6.30. The Balaban J connectivity index is 0.